The summed E-state index contributed by atoms with van der Waals surface area (Å²) in [6.07, 6.45) is -0.975. The average molecular weight is 306 g/mol. The van der Waals surface area contributed by atoms with Gasteiger partial charge in [0.25, 0.3) is 5.91 Å². The van der Waals surface area contributed by atoms with E-state index in [1.54, 1.807) is 25.6 Å². The molecule has 8 nitrogen and oxygen atoms in total. The molecule has 2 rings (SSSR count). The van der Waals surface area contributed by atoms with E-state index in [-0.39, 0.29) is 5.76 Å². The molecule has 1 atom stereocenters. The Kier molecular flexibility index (Phi) is 4.30. The Morgan fingerprint density at radius 1 is 1.36 bits per heavy atom. The first kappa shape index (κ1) is 15.7. The quantitative estimate of drug-likeness (QED) is 0.860. The van der Waals surface area contributed by atoms with E-state index in [9.17, 15) is 9.59 Å². The van der Waals surface area contributed by atoms with Gasteiger partial charge in [-0.2, -0.15) is 5.10 Å². The molecule has 0 saturated carbocycles. The van der Waals surface area contributed by atoms with Crippen LogP contribution in [0.2, 0.25) is 0 Å². The highest BCUT2D eigenvalue weighted by Crippen LogP contribution is 2.19. The molecule has 22 heavy (non-hydrogen) atoms. The van der Waals surface area contributed by atoms with Crippen LogP contribution in [0.25, 0.3) is 0 Å². The number of nitrogens with zero attached hydrogens (tertiary/aromatic N) is 3. The number of amides is 1. The Morgan fingerprint density at radius 3 is 2.55 bits per heavy atom. The number of carbonyl (C=O) groups excluding carboxylic acids is 2. The molecule has 0 aliphatic rings. The summed E-state index contributed by atoms with van der Waals surface area (Å²) in [7, 11) is 1.79. The van der Waals surface area contributed by atoms with Gasteiger partial charge in [0.15, 0.2) is 6.10 Å². The second-order valence-corrected chi connectivity index (χ2v) is 5.04. The smallest absolute Gasteiger partial charge is 0.377 e. The SMILES string of the molecule is Cc1cc(C(=O)O[C@H](C)C(=O)Nc2c(C)nn(C)c2C)on1. The molecule has 8 heteroatoms. The fourth-order valence-corrected chi connectivity index (χ4v) is 1.91. The molecule has 0 bridgehead atoms. The topological polar surface area (TPSA) is 99.2 Å². The molecule has 2 aromatic rings. The van der Waals surface area contributed by atoms with Gasteiger partial charge < -0.3 is 14.6 Å². The molecule has 0 spiro atoms. The first-order valence-corrected chi connectivity index (χ1v) is 6.75. The average Bonchev–Trinajstić information content (AvgIpc) is 2.98. The Balaban J connectivity index is 2.02. The first-order valence-electron chi connectivity index (χ1n) is 6.75. The first-order chi connectivity index (χ1) is 10.3. The van der Waals surface area contributed by atoms with Gasteiger partial charge in [0.2, 0.25) is 5.76 Å². The second-order valence-electron chi connectivity index (χ2n) is 5.04. The Morgan fingerprint density at radius 2 is 2.05 bits per heavy atom. The Labute approximate surface area is 127 Å². The van der Waals surface area contributed by atoms with Crippen LogP contribution in [0.1, 0.15) is 34.6 Å². The molecule has 0 aliphatic carbocycles. The number of rotatable bonds is 4. The zero-order valence-corrected chi connectivity index (χ0v) is 13.1. The van der Waals surface area contributed by atoms with Gasteiger partial charge in [-0.15, -0.1) is 0 Å². The standard InChI is InChI=1S/C14H18N4O4/c1-7-6-11(22-17-7)14(20)21-10(4)13(19)15-12-8(2)16-18(5)9(12)3/h6,10H,1-5H3,(H,15,19)/t10-/m1/s1. The molecule has 0 fully saturated rings. The van der Waals surface area contributed by atoms with Gasteiger partial charge in [0.05, 0.1) is 22.8 Å². The van der Waals surface area contributed by atoms with Gasteiger partial charge in [-0.05, 0) is 27.7 Å². The number of aromatic nitrogens is 3. The number of anilines is 1. The van der Waals surface area contributed by atoms with Crippen molar-refractivity contribution in [1.82, 2.24) is 14.9 Å². The highest BCUT2D eigenvalue weighted by Gasteiger charge is 2.23. The van der Waals surface area contributed by atoms with Crippen LogP contribution in [-0.4, -0.2) is 32.9 Å². The van der Waals surface area contributed by atoms with Crippen molar-refractivity contribution in [2.24, 2.45) is 7.05 Å². The van der Waals surface area contributed by atoms with E-state index >= 15 is 0 Å². The number of hydrogen-bond acceptors (Lipinski definition) is 6. The van der Waals surface area contributed by atoms with Crippen molar-refractivity contribution >= 4 is 17.6 Å². The third-order valence-corrected chi connectivity index (χ3v) is 3.24. The maximum Gasteiger partial charge on any atom is 0.377 e. The maximum atomic E-state index is 12.1. The monoisotopic (exact) mass is 306 g/mol. The summed E-state index contributed by atoms with van der Waals surface area (Å²) in [4.78, 5) is 23.9. The van der Waals surface area contributed by atoms with E-state index in [0.29, 0.717) is 17.1 Å². The maximum absolute atomic E-state index is 12.1. The Bertz CT molecular complexity index is 716. The molecule has 0 aliphatic heterocycles. The molecule has 1 amide bonds. The lowest BCUT2D eigenvalue weighted by atomic mass is 10.3. The van der Waals surface area contributed by atoms with Crippen LogP contribution in [0, 0.1) is 20.8 Å². The van der Waals surface area contributed by atoms with Crippen LogP contribution in [0.3, 0.4) is 0 Å². The van der Waals surface area contributed by atoms with Crippen LogP contribution >= 0.6 is 0 Å². The molecule has 118 valence electrons. The third kappa shape index (κ3) is 3.16. The molecule has 0 unspecified atom stereocenters. The van der Waals surface area contributed by atoms with Gasteiger partial charge in [-0.25, -0.2) is 4.79 Å². The van der Waals surface area contributed by atoms with Crippen LogP contribution in [0.5, 0.6) is 0 Å². The van der Waals surface area contributed by atoms with Gasteiger partial charge in [-0.3, -0.25) is 9.48 Å². The number of carbonyl (C=O) groups is 2. The van der Waals surface area contributed by atoms with E-state index in [0.717, 1.165) is 5.69 Å². The van der Waals surface area contributed by atoms with Crippen LogP contribution < -0.4 is 5.32 Å². The van der Waals surface area contributed by atoms with Gasteiger partial charge in [0, 0.05) is 13.1 Å². The highest BCUT2D eigenvalue weighted by molar-refractivity contribution is 5.97. The number of hydrogen-bond donors (Lipinski definition) is 1. The summed E-state index contributed by atoms with van der Waals surface area (Å²) in [5, 5.41) is 10.5. The van der Waals surface area contributed by atoms with Crippen molar-refractivity contribution in [2.45, 2.75) is 33.8 Å². The lowest BCUT2D eigenvalue weighted by molar-refractivity contribution is -0.123. The van der Waals surface area contributed by atoms with E-state index in [4.69, 9.17) is 9.26 Å². The summed E-state index contributed by atoms with van der Waals surface area (Å²) >= 11 is 0. The summed E-state index contributed by atoms with van der Waals surface area (Å²) in [5.74, 6) is -1.21. The zero-order chi connectivity index (χ0) is 16.4. The number of aryl methyl sites for hydroxylation is 3. The zero-order valence-electron chi connectivity index (χ0n) is 13.1. The molecule has 0 aromatic carbocycles. The van der Waals surface area contributed by atoms with Gasteiger partial charge in [0.1, 0.15) is 0 Å². The minimum Gasteiger partial charge on any atom is -0.447 e. The number of esters is 1. The predicted octanol–water partition coefficient (Wildman–Crippen LogP) is 1.52. The van der Waals surface area contributed by atoms with Crippen molar-refractivity contribution in [1.29, 1.82) is 0 Å². The Hall–Kier alpha value is -2.64. The fourth-order valence-electron chi connectivity index (χ4n) is 1.91. The molecule has 0 radical (unpaired) electrons. The minimum atomic E-state index is -0.975. The molecule has 1 N–H and O–H groups in total. The third-order valence-electron chi connectivity index (χ3n) is 3.24. The van der Waals surface area contributed by atoms with Crippen molar-refractivity contribution in [2.75, 3.05) is 5.32 Å². The molecule has 2 heterocycles. The molecule has 2 aromatic heterocycles. The lowest BCUT2D eigenvalue weighted by Gasteiger charge is -2.12. The minimum absolute atomic E-state index is 0.0362. The summed E-state index contributed by atoms with van der Waals surface area (Å²) in [6.45, 7) is 6.79. The van der Waals surface area contributed by atoms with Crippen LogP contribution in [-0.2, 0) is 16.6 Å². The number of ether oxygens (including phenoxy) is 1. The normalized spacial score (nSPS) is 12.0. The molecular weight excluding hydrogens is 288 g/mol. The van der Waals surface area contributed by atoms with Crippen molar-refractivity contribution in [3.05, 3.63) is 28.9 Å². The molecule has 0 saturated heterocycles. The predicted molar refractivity (Wildman–Crippen MR) is 77.4 cm³/mol. The van der Waals surface area contributed by atoms with Crippen LogP contribution in [0.15, 0.2) is 10.6 Å². The van der Waals surface area contributed by atoms with Gasteiger partial charge in [-0.1, -0.05) is 5.16 Å². The van der Waals surface area contributed by atoms with Crippen LogP contribution in [0.4, 0.5) is 5.69 Å². The summed E-state index contributed by atoms with van der Waals surface area (Å²) in [5.41, 5.74) is 2.68. The van der Waals surface area contributed by atoms with Crippen molar-refractivity contribution < 1.29 is 18.8 Å². The number of nitrogens with one attached hydrogen (secondary N) is 1. The summed E-state index contributed by atoms with van der Waals surface area (Å²) < 4.78 is 11.5. The largest absolute Gasteiger partial charge is 0.447 e. The fraction of sp³-hybridized carbons (Fsp3) is 0.429. The van der Waals surface area contributed by atoms with Gasteiger partial charge >= 0.3 is 5.97 Å². The van der Waals surface area contributed by atoms with Crippen molar-refractivity contribution in [3.8, 4) is 0 Å². The van der Waals surface area contributed by atoms with E-state index < -0.39 is 18.0 Å². The summed E-state index contributed by atoms with van der Waals surface area (Å²) in [6, 6.07) is 1.45. The van der Waals surface area contributed by atoms with E-state index in [1.165, 1.54) is 13.0 Å². The van der Waals surface area contributed by atoms with Crippen molar-refractivity contribution in [3.63, 3.8) is 0 Å². The van der Waals surface area contributed by atoms with E-state index in [2.05, 4.69) is 15.6 Å². The highest BCUT2D eigenvalue weighted by atomic mass is 16.6. The lowest BCUT2D eigenvalue weighted by Crippen LogP contribution is -2.30. The second kappa shape index (κ2) is 6.00. The molecular formula is C14H18N4O4. The van der Waals surface area contributed by atoms with E-state index in [1.807, 2.05) is 6.92 Å².